The molecule has 2 atom stereocenters. The SMILES string of the molecule is COCc1nc([C@H]2CN(Cc3coc(C)n3)C[C@@H]2C2CC2)n[nH]1. The number of nitrogens with zero attached hydrogens (tertiary/aromatic N) is 4. The van der Waals surface area contributed by atoms with E-state index >= 15 is 0 Å². The maximum atomic E-state index is 5.32. The molecule has 7 heteroatoms. The van der Waals surface area contributed by atoms with Crippen LogP contribution in [0.1, 0.15) is 42.0 Å². The first kappa shape index (κ1) is 14.8. The van der Waals surface area contributed by atoms with Crippen LogP contribution in [0.2, 0.25) is 0 Å². The normalized spacial score (nSPS) is 25.3. The highest BCUT2D eigenvalue weighted by molar-refractivity contribution is 5.09. The van der Waals surface area contributed by atoms with Gasteiger partial charge in [-0.1, -0.05) is 0 Å². The highest BCUT2D eigenvalue weighted by atomic mass is 16.5. The van der Waals surface area contributed by atoms with Crippen molar-refractivity contribution in [2.45, 2.75) is 38.8 Å². The van der Waals surface area contributed by atoms with Gasteiger partial charge in [-0.3, -0.25) is 10.00 Å². The van der Waals surface area contributed by atoms with Gasteiger partial charge in [0.2, 0.25) is 0 Å². The minimum Gasteiger partial charge on any atom is -0.449 e. The highest BCUT2D eigenvalue weighted by Gasteiger charge is 2.44. The van der Waals surface area contributed by atoms with E-state index in [0.29, 0.717) is 18.4 Å². The van der Waals surface area contributed by atoms with Gasteiger partial charge in [0.1, 0.15) is 12.9 Å². The maximum Gasteiger partial charge on any atom is 0.191 e. The predicted molar refractivity (Wildman–Crippen MR) is 82.6 cm³/mol. The van der Waals surface area contributed by atoms with Crippen molar-refractivity contribution in [3.63, 3.8) is 0 Å². The molecule has 124 valence electrons. The molecule has 1 aliphatic carbocycles. The molecule has 2 fully saturated rings. The molecule has 2 aromatic heterocycles. The molecule has 0 bridgehead atoms. The summed E-state index contributed by atoms with van der Waals surface area (Å²) in [5.41, 5.74) is 1.01. The number of aryl methyl sites for hydroxylation is 1. The number of rotatable bonds is 6. The van der Waals surface area contributed by atoms with Gasteiger partial charge in [-0.25, -0.2) is 9.97 Å². The number of hydrogen-bond donors (Lipinski definition) is 1. The number of aromatic amines is 1. The molecule has 1 saturated carbocycles. The van der Waals surface area contributed by atoms with Crippen LogP contribution in [0.15, 0.2) is 10.7 Å². The van der Waals surface area contributed by atoms with E-state index in [1.807, 2.05) is 6.92 Å². The van der Waals surface area contributed by atoms with Gasteiger partial charge in [-0.15, -0.1) is 0 Å². The van der Waals surface area contributed by atoms with Crippen molar-refractivity contribution in [3.8, 4) is 0 Å². The van der Waals surface area contributed by atoms with Gasteiger partial charge in [-0.05, 0) is 24.7 Å². The van der Waals surface area contributed by atoms with Crippen molar-refractivity contribution in [1.29, 1.82) is 0 Å². The average molecular weight is 317 g/mol. The summed E-state index contributed by atoms with van der Waals surface area (Å²) >= 11 is 0. The molecule has 0 unspecified atom stereocenters. The van der Waals surface area contributed by atoms with Crippen molar-refractivity contribution >= 4 is 0 Å². The zero-order valence-electron chi connectivity index (χ0n) is 13.7. The third kappa shape index (κ3) is 3.16. The fraction of sp³-hybridized carbons (Fsp3) is 0.688. The van der Waals surface area contributed by atoms with Crippen LogP contribution in [-0.4, -0.2) is 45.3 Å². The lowest BCUT2D eigenvalue weighted by molar-refractivity contribution is 0.178. The lowest BCUT2D eigenvalue weighted by Crippen LogP contribution is -2.20. The number of oxazole rings is 1. The van der Waals surface area contributed by atoms with E-state index in [1.54, 1.807) is 13.4 Å². The Morgan fingerprint density at radius 2 is 2.22 bits per heavy atom. The molecule has 0 spiro atoms. The Balaban J connectivity index is 1.48. The van der Waals surface area contributed by atoms with Crippen LogP contribution in [0.4, 0.5) is 0 Å². The summed E-state index contributed by atoms with van der Waals surface area (Å²) in [6, 6.07) is 0. The van der Waals surface area contributed by atoms with Crippen LogP contribution in [0.5, 0.6) is 0 Å². The Bertz CT molecular complexity index is 663. The van der Waals surface area contributed by atoms with Crippen molar-refractivity contribution in [2.75, 3.05) is 20.2 Å². The molecular weight excluding hydrogens is 294 g/mol. The highest BCUT2D eigenvalue weighted by Crippen LogP contribution is 2.47. The molecule has 4 rings (SSSR count). The number of likely N-dealkylation sites (tertiary alicyclic amines) is 1. The Morgan fingerprint density at radius 1 is 1.35 bits per heavy atom. The summed E-state index contributed by atoms with van der Waals surface area (Å²) in [7, 11) is 1.67. The number of ether oxygens (including phenoxy) is 1. The van der Waals surface area contributed by atoms with E-state index in [4.69, 9.17) is 9.15 Å². The van der Waals surface area contributed by atoms with Gasteiger partial charge in [0.15, 0.2) is 17.5 Å². The van der Waals surface area contributed by atoms with E-state index in [0.717, 1.165) is 48.8 Å². The Morgan fingerprint density at radius 3 is 2.91 bits per heavy atom. The first-order valence-corrected chi connectivity index (χ1v) is 8.26. The number of aromatic nitrogens is 4. The van der Waals surface area contributed by atoms with Crippen LogP contribution in [0.25, 0.3) is 0 Å². The molecule has 0 radical (unpaired) electrons. The fourth-order valence-electron chi connectivity index (χ4n) is 3.70. The van der Waals surface area contributed by atoms with E-state index in [9.17, 15) is 0 Å². The molecule has 7 nitrogen and oxygen atoms in total. The van der Waals surface area contributed by atoms with Gasteiger partial charge in [-0.2, -0.15) is 5.10 Å². The summed E-state index contributed by atoms with van der Waals surface area (Å²) in [4.78, 5) is 11.5. The maximum absolute atomic E-state index is 5.32. The van der Waals surface area contributed by atoms with Crippen molar-refractivity contribution in [3.05, 3.63) is 29.5 Å². The van der Waals surface area contributed by atoms with E-state index in [-0.39, 0.29) is 0 Å². The topological polar surface area (TPSA) is 80.1 Å². The second kappa shape index (κ2) is 6.05. The molecule has 1 saturated heterocycles. The molecule has 23 heavy (non-hydrogen) atoms. The predicted octanol–water partition coefficient (Wildman–Crippen LogP) is 1.87. The first-order valence-electron chi connectivity index (χ1n) is 8.26. The number of nitrogens with one attached hydrogen (secondary N) is 1. The molecule has 2 aromatic rings. The summed E-state index contributed by atoms with van der Waals surface area (Å²) in [5.74, 6) is 4.35. The zero-order chi connectivity index (χ0) is 15.8. The summed E-state index contributed by atoms with van der Waals surface area (Å²) < 4.78 is 10.5. The standard InChI is InChI=1S/C16H23N5O2/c1-10-17-12(8-23-10)5-21-6-13(11-3-4-11)14(7-21)16-18-15(9-22-2)19-20-16/h8,11,13-14H,3-7,9H2,1-2H3,(H,18,19,20)/t13-,14+/m1/s1. The van der Waals surface area contributed by atoms with E-state index < -0.39 is 0 Å². The van der Waals surface area contributed by atoms with E-state index in [1.165, 1.54) is 12.8 Å². The molecule has 1 N–H and O–H groups in total. The molecule has 0 amide bonds. The van der Waals surface area contributed by atoms with Gasteiger partial charge < -0.3 is 9.15 Å². The molecule has 3 heterocycles. The van der Waals surface area contributed by atoms with Gasteiger partial charge >= 0.3 is 0 Å². The quantitative estimate of drug-likeness (QED) is 0.876. The lowest BCUT2D eigenvalue weighted by Gasteiger charge is -2.14. The van der Waals surface area contributed by atoms with E-state index in [2.05, 4.69) is 25.1 Å². The fourth-order valence-corrected chi connectivity index (χ4v) is 3.70. The second-order valence-electron chi connectivity index (χ2n) is 6.73. The summed E-state index contributed by atoms with van der Waals surface area (Å²) in [5, 5.41) is 7.45. The minimum atomic E-state index is 0.400. The number of H-pyrrole nitrogens is 1. The minimum absolute atomic E-state index is 0.400. The number of hydrogen-bond acceptors (Lipinski definition) is 6. The summed E-state index contributed by atoms with van der Waals surface area (Å²) in [6.45, 7) is 5.28. The van der Waals surface area contributed by atoms with Crippen molar-refractivity contribution in [2.24, 2.45) is 11.8 Å². The molecule has 2 aliphatic rings. The Kier molecular flexibility index (Phi) is 3.90. The van der Waals surface area contributed by atoms with Gasteiger partial charge in [0, 0.05) is 39.6 Å². The zero-order valence-corrected chi connectivity index (χ0v) is 13.7. The molecule has 1 aliphatic heterocycles. The third-order valence-electron chi connectivity index (χ3n) is 4.88. The lowest BCUT2D eigenvalue weighted by atomic mass is 9.91. The van der Waals surface area contributed by atoms with Crippen LogP contribution < -0.4 is 0 Å². The largest absolute Gasteiger partial charge is 0.449 e. The van der Waals surface area contributed by atoms with Crippen LogP contribution in [0.3, 0.4) is 0 Å². The Hall–Kier alpha value is -1.73. The van der Waals surface area contributed by atoms with Crippen LogP contribution >= 0.6 is 0 Å². The second-order valence-corrected chi connectivity index (χ2v) is 6.73. The monoisotopic (exact) mass is 317 g/mol. The van der Waals surface area contributed by atoms with Gasteiger partial charge in [0.25, 0.3) is 0 Å². The molecule has 0 aromatic carbocycles. The summed E-state index contributed by atoms with van der Waals surface area (Å²) in [6.07, 6.45) is 4.44. The molecular formula is C16H23N5O2. The third-order valence-corrected chi connectivity index (χ3v) is 4.88. The number of methoxy groups -OCH3 is 1. The van der Waals surface area contributed by atoms with Gasteiger partial charge in [0.05, 0.1) is 5.69 Å². The van der Waals surface area contributed by atoms with Crippen molar-refractivity contribution in [1.82, 2.24) is 25.1 Å². The smallest absolute Gasteiger partial charge is 0.191 e. The van der Waals surface area contributed by atoms with Crippen LogP contribution in [-0.2, 0) is 17.9 Å². The average Bonchev–Trinajstić information content (AvgIpc) is 2.93. The van der Waals surface area contributed by atoms with Crippen molar-refractivity contribution < 1.29 is 9.15 Å². The first-order chi connectivity index (χ1) is 11.2. The Labute approximate surface area is 135 Å². The van der Waals surface area contributed by atoms with Crippen LogP contribution in [0, 0.1) is 18.8 Å².